The number of unbranched alkanes of at least 4 members (excludes halogenated alkanes) is 19. The quantitative estimate of drug-likeness (QED) is 0.147. The lowest BCUT2D eigenvalue weighted by Gasteiger charge is -2.04. The maximum Gasteiger partial charge on any atom is 0.328 e. The van der Waals surface area contributed by atoms with E-state index < -0.39 is 5.97 Å². The van der Waals surface area contributed by atoms with Crippen LogP contribution in [0.15, 0.2) is 11.6 Å². The molecule has 28 heavy (non-hydrogen) atoms. The number of allylic oxidation sites excluding steroid dienone is 1. The van der Waals surface area contributed by atoms with Gasteiger partial charge in [0.15, 0.2) is 0 Å². The third-order valence-corrected chi connectivity index (χ3v) is 5.79. The average Bonchev–Trinajstić information content (AvgIpc) is 2.66. The summed E-state index contributed by atoms with van der Waals surface area (Å²) in [4.78, 5) is 10.5. The minimum Gasteiger partial charge on any atom is -0.478 e. The van der Waals surface area contributed by atoms with E-state index in [1.807, 2.05) is 6.92 Å². The number of hydrogen-bond donors (Lipinski definition) is 1. The van der Waals surface area contributed by atoms with Crippen molar-refractivity contribution in [3.63, 3.8) is 0 Å². The van der Waals surface area contributed by atoms with Crippen LogP contribution in [0.25, 0.3) is 0 Å². The van der Waals surface area contributed by atoms with E-state index in [0.29, 0.717) is 0 Å². The standard InChI is InChI=1S/C26H50O2/c1-3-4-5-6-7-8-9-10-11-12-13-14-15-16-17-18-19-20-21-22-23-25(2)24-26(27)28/h24H,3-23H2,1-2H3,(H,27,28)/b25-24-. The van der Waals surface area contributed by atoms with Crippen LogP contribution in [-0.2, 0) is 4.79 Å². The highest BCUT2D eigenvalue weighted by atomic mass is 16.4. The predicted molar refractivity (Wildman–Crippen MR) is 124 cm³/mol. The zero-order chi connectivity index (χ0) is 20.7. The van der Waals surface area contributed by atoms with Crippen molar-refractivity contribution in [2.45, 2.75) is 149 Å². The zero-order valence-corrected chi connectivity index (χ0v) is 19.3. The molecule has 0 aliphatic rings. The summed E-state index contributed by atoms with van der Waals surface area (Å²) in [6.45, 7) is 4.21. The molecule has 0 aliphatic carbocycles. The third kappa shape index (κ3) is 23.2. The number of carboxylic acid groups (broad SMARTS) is 1. The fraction of sp³-hybridized carbons (Fsp3) is 0.885. The van der Waals surface area contributed by atoms with Crippen molar-refractivity contribution < 1.29 is 9.90 Å². The predicted octanol–water partition coefficient (Wildman–Crippen LogP) is 9.23. The van der Waals surface area contributed by atoms with Crippen molar-refractivity contribution in [3.8, 4) is 0 Å². The fourth-order valence-electron chi connectivity index (χ4n) is 3.94. The number of rotatable bonds is 22. The van der Waals surface area contributed by atoms with Crippen LogP contribution in [0.3, 0.4) is 0 Å². The highest BCUT2D eigenvalue weighted by molar-refractivity contribution is 5.80. The molecule has 0 atom stereocenters. The largest absolute Gasteiger partial charge is 0.478 e. The maximum atomic E-state index is 10.5. The van der Waals surface area contributed by atoms with E-state index >= 15 is 0 Å². The Morgan fingerprint density at radius 2 is 0.857 bits per heavy atom. The lowest BCUT2D eigenvalue weighted by atomic mass is 10.0. The van der Waals surface area contributed by atoms with E-state index in [0.717, 1.165) is 18.4 Å². The van der Waals surface area contributed by atoms with Gasteiger partial charge in [0, 0.05) is 6.08 Å². The van der Waals surface area contributed by atoms with E-state index in [4.69, 9.17) is 5.11 Å². The van der Waals surface area contributed by atoms with E-state index in [1.54, 1.807) is 0 Å². The zero-order valence-electron chi connectivity index (χ0n) is 19.3. The van der Waals surface area contributed by atoms with Crippen LogP contribution in [0.4, 0.5) is 0 Å². The lowest BCUT2D eigenvalue weighted by molar-refractivity contribution is -0.131. The van der Waals surface area contributed by atoms with Gasteiger partial charge >= 0.3 is 5.97 Å². The van der Waals surface area contributed by atoms with Crippen molar-refractivity contribution in [3.05, 3.63) is 11.6 Å². The molecule has 0 aromatic heterocycles. The molecule has 2 nitrogen and oxygen atoms in total. The summed E-state index contributed by atoms with van der Waals surface area (Å²) >= 11 is 0. The second-order valence-electron chi connectivity index (χ2n) is 8.80. The SMILES string of the molecule is CCCCCCCCCCCCCCCCCCCCCC/C(C)=C\C(=O)O. The van der Waals surface area contributed by atoms with Gasteiger partial charge in [0.2, 0.25) is 0 Å². The average molecular weight is 395 g/mol. The van der Waals surface area contributed by atoms with Crippen molar-refractivity contribution in [1.29, 1.82) is 0 Å². The van der Waals surface area contributed by atoms with Gasteiger partial charge < -0.3 is 5.11 Å². The van der Waals surface area contributed by atoms with Gasteiger partial charge in [-0.25, -0.2) is 4.79 Å². The van der Waals surface area contributed by atoms with Crippen molar-refractivity contribution in [2.24, 2.45) is 0 Å². The van der Waals surface area contributed by atoms with Gasteiger partial charge in [0.25, 0.3) is 0 Å². The molecule has 0 saturated heterocycles. The maximum absolute atomic E-state index is 10.5. The van der Waals surface area contributed by atoms with Gasteiger partial charge in [0.05, 0.1) is 0 Å². The normalized spacial score (nSPS) is 11.9. The van der Waals surface area contributed by atoms with Gasteiger partial charge in [-0.1, -0.05) is 134 Å². The summed E-state index contributed by atoms with van der Waals surface area (Å²) < 4.78 is 0. The molecule has 0 aromatic rings. The summed E-state index contributed by atoms with van der Waals surface area (Å²) in [7, 11) is 0. The molecule has 166 valence electrons. The molecule has 0 spiro atoms. The Morgan fingerprint density at radius 1 is 0.571 bits per heavy atom. The van der Waals surface area contributed by atoms with Crippen molar-refractivity contribution >= 4 is 5.97 Å². The molecule has 0 heterocycles. The van der Waals surface area contributed by atoms with E-state index in [2.05, 4.69) is 6.92 Å². The monoisotopic (exact) mass is 394 g/mol. The molecule has 0 radical (unpaired) electrons. The summed E-state index contributed by atoms with van der Waals surface area (Å²) in [6.07, 6.45) is 30.2. The first-order chi connectivity index (χ1) is 13.7. The molecule has 0 amide bonds. The Labute approximate surface area is 176 Å². The number of aliphatic carboxylic acids is 1. The fourth-order valence-corrected chi connectivity index (χ4v) is 3.94. The Hall–Kier alpha value is -0.790. The van der Waals surface area contributed by atoms with Crippen molar-refractivity contribution in [2.75, 3.05) is 0 Å². The number of carbonyl (C=O) groups is 1. The molecule has 0 saturated carbocycles. The first kappa shape index (κ1) is 27.2. The van der Waals surface area contributed by atoms with E-state index in [-0.39, 0.29) is 0 Å². The Morgan fingerprint density at radius 3 is 1.14 bits per heavy atom. The van der Waals surface area contributed by atoms with E-state index in [1.165, 1.54) is 128 Å². The molecule has 0 rings (SSSR count). The van der Waals surface area contributed by atoms with Crippen LogP contribution in [-0.4, -0.2) is 11.1 Å². The van der Waals surface area contributed by atoms with Crippen LogP contribution >= 0.6 is 0 Å². The molecule has 0 aromatic carbocycles. The Balaban J connectivity index is 3.09. The molecule has 0 fully saturated rings. The molecule has 0 aliphatic heterocycles. The topological polar surface area (TPSA) is 37.3 Å². The van der Waals surface area contributed by atoms with Crippen LogP contribution in [0.1, 0.15) is 149 Å². The van der Waals surface area contributed by atoms with Crippen LogP contribution in [0, 0.1) is 0 Å². The number of hydrogen-bond acceptors (Lipinski definition) is 1. The highest BCUT2D eigenvalue weighted by Gasteiger charge is 1.97. The number of carboxylic acids is 1. The molecular weight excluding hydrogens is 344 g/mol. The van der Waals surface area contributed by atoms with Crippen LogP contribution in [0.5, 0.6) is 0 Å². The minimum absolute atomic E-state index is 0.814. The second kappa shape index (κ2) is 22.5. The molecule has 1 N–H and O–H groups in total. The summed E-state index contributed by atoms with van der Waals surface area (Å²) in [6, 6.07) is 0. The first-order valence-electron chi connectivity index (χ1n) is 12.6. The minimum atomic E-state index is -0.814. The Kier molecular flexibility index (Phi) is 21.9. The molecule has 0 unspecified atom stereocenters. The van der Waals surface area contributed by atoms with Gasteiger partial charge in [-0.15, -0.1) is 0 Å². The van der Waals surface area contributed by atoms with Gasteiger partial charge in [-0.3, -0.25) is 0 Å². The summed E-state index contributed by atoms with van der Waals surface area (Å²) in [5.41, 5.74) is 0.995. The molecule has 0 bridgehead atoms. The molecule has 2 heteroatoms. The first-order valence-corrected chi connectivity index (χ1v) is 12.6. The van der Waals surface area contributed by atoms with Crippen LogP contribution < -0.4 is 0 Å². The molecular formula is C26H50O2. The van der Waals surface area contributed by atoms with Gasteiger partial charge in [-0.05, 0) is 19.8 Å². The summed E-state index contributed by atoms with van der Waals surface area (Å²) in [5.74, 6) is -0.814. The van der Waals surface area contributed by atoms with E-state index in [9.17, 15) is 4.79 Å². The smallest absolute Gasteiger partial charge is 0.328 e. The lowest BCUT2D eigenvalue weighted by Crippen LogP contribution is -1.90. The van der Waals surface area contributed by atoms with Crippen molar-refractivity contribution in [1.82, 2.24) is 0 Å². The van der Waals surface area contributed by atoms with Crippen LogP contribution in [0.2, 0.25) is 0 Å². The second-order valence-corrected chi connectivity index (χ2v) is 8.80. The van der Waals surface area contributed by atoms with Gasteiger partial charge in [-0.2, -0.15) is 0 Å². The Bertz CT molecular complexity index is 359. The highest BCUT2D eigenvalue weighted by Crippen LogP contribution is 2.15. The van der Waals surface area contributed by atoms with Gasteiger partial charge in [0.1, 0.15) is 0 Å². The summed E-state index contributed by atoms with van der Waals surface area (Å²) in [5, 5.41) is 8.67. The third-order valence-electron chi connectivity index (χ3n) is 5.79.